The van der Waals surface area contributed by atoms with Gasteiger partial charge in [-0.25, -0.2) is 0 Å². The van der Waals surface area contributed by atoms with Crippen molar-refractivity contribution in [2.24, 2.45) is 11.8 Å². The van der Waals surface area contributed by atoms with Gasteiger partial charge in [-0.2, -0.15) is 0 Å². The lowest BCUT2D eigenvalue weighted by molar-refractivity contribution is -0.150. The lowest BCUT2D eigenvalue weighted by Gasteiger charge is -2.29. The SMILES string of the molecule is CCCCCCCCCC(CCCCC)C(=O)OCCCCCCC(O)(CCCCCCOC(=O)C(CCCCC)CCCCCCCCC)CCCCN(CCC)CCC. The van der Waals surface area contributed by atoms with Crippen molar-refractivity contribution in [1.29, 1.82) is 0 Å². The number of hydrogen-bond donors (Lipinski definition) is 1. The molecule has 0 spiro atoms. The molecule has 0 aliphatic heterocycles. The Kier molecular flexibility index (Phi) is 44.6. The second kappa shape index (κ2) is 45.4. The number of rotatable bonds is 49. The van der Waals surface area contributed by atoms with E-state index in [4.69, 9.17) is 9.47 Å². The van der Waals surface area contributed by atoms with Gasteiger partial charge in [0.15, 0.2) is 0 Å². The van der Waals surface area contributed by atoms with E-state index in [1.165, 1.54) is 129 Å². The van der Waals surface area contributed by atoms with Gasteiger partial charge in [0.1, 0.15) is 0 Å². The maximum Gasteiger partial charge on any atom is 0.308 e. The fraction of sp³-hybridized carbons (Fsp3) is 0.964. The Morgan fingerprint density at radius 1 is 0.377 bits per heavy atom. The van der Waals surface area contributed by atoms with Crippen LogP contribution >= 0.6 is 0 Å². The highest BCUT2D eigenvalue weighted by Crippen LogP contribution is 2.29. The van der Waals surface area contributed by atoms with Gasteiger partial charge in [-0.05, 0) is 103 Å². The van der Waals surface area contributed by atoms with E-state index >= 15 is 0 Å². The van der Waals surface area contributed by atoms with Crippen molar-refractivity contribution in [3.05, 3.63) is 0 Å². The van der Waals surface area contributed by atoms with Crippen LogP contribution in [0.3, 0.4) is 0 Å². The van der Waals surface area contributed by atoms with Gasteiger partial charge >= 0.3 is 11.9 Å². The molecule has 0 aromatic heterocycles. The van der Waals surface area contributed by atoms with E-state index in [0.717, 1.165) is 141 Å². The predicted molar refractivity (Wildman–Crippen MR) is 264 cm³/mol. The smallest absolute Gasteiger partial charge is 0.308 e. The molecule has 61 heavy (non-hydrogen) atoms. The third kappa shape index (κ3) is 37.9. The number of carbonyl (C=O) groups is 2. The maximum absolute atomic E-state index is 13.1. The second-order valence-corrected chi connectivity index (χ2v) is 19.4. The van der Waals surface area contributed by atoms with E-state index in [9.17, 15) is 14.7 Å². The molecule has 2 unspecified atom stereocenters. The van der Waals surface area contributed by atoms with Crippen LogP contribution in [0.15, 0.2) is 0 Å². The number of unbranched alkanes of at least 4 members (excludes halogenated alkanes) is 23. The summed E-state index contributed by atoms with van der Waals surface area (Å²) in [5, 5.41) is 12.0. The molecular formula is C55H109NO5. The third-order valence-corrected chi connectivity index (χ3v) is 13.3. The van der Waals surface area contributed by atoms with Crippen LogP contribution in [0.25, 0.3) is 0 Å². The minimum Gasteiger partial charge on any atom is -0.465 e. The molecule has 0 radical (unpaired) electrons. The van der Waals surface area contributed by atoms with Gasteiger partial charge in [-0.1, -0.05) is 208 Å². The molecule has 0 aliphatic carbocycles. The molecule has 0 aliphatic rings. The van der Waals surface area contributed by atoms with Gasteiger partial charge in [0.05, 0.1) is 30.7 Å². The van der Waals surface area contributed by atoms with E-state index in [1.807, 2.05) is 0 Å². The van der Waals surface area contributed by atoms with Crippen molar-refractivity contribution in [2.75, 3.05) is 32.8 Å². The van der Waals surface area contributed by atoms with Crippen LogP contribution in [0, 0.1) is 11.8 Å². The van der Waals surface area contributed by atoms with Crippen molar-refractivity contribution in [1.82, 2.24) is 4.90 Å². The van der Waals surface area contributed by atoms with Gasteiger partial charge in [-0.3, -0.25) is 9.59 Å². The van der Waals surface area contributed by atoms with Crippen LogP contribution in [0.1, 0.15) is 292 Å². The fourth-order valence-electron chi connectivity index (χ4n) is 9.27. The molecule has 0 saturated carbocycles. The average molecular weight is 864 g/mol. The summed E-state index contributed by atoms with van der Waals surface area (Å²) in [6.07, 6.45) is 44.1. The van der Waals surface area contributed by atoms with Crippen LogP contribution in [-0.2, 0) is 19.1 Å². The van der Waals surface area contributed by atoms with Crippen molar-refractivity contribution in [3.63, 3.8) is 0 Å². The van der Waals surface area contributed by atoms with Gasteiger partial charge in [-0.15, -0.1) is 0 Å². The number of hydrogen-bond acceptors (Lipinski definition) is 6. The molecule has 0 rings (SSSR count). The van der Waals surface area contributed by atoms with Crippen molar-refractivity contribution in [2.45, 2.75) is 298 Å². The van der Waals surface area contributed by atoms with E-state index in [-0.39, 0.29) is 23.8 Å². The van der Waals surface area contributed by atoms with Crippen LogP contribution in [0.5, 0.6) is 0 Å². The largest absolute Gasteiger partial charge is 0.465 e. The topological polar surface area (TPSA) is 76.1 Å². The molecular weight excluding hydrogens is 755 g/mol. The molecule has 0 bridgehead atoms. The number of ether oxygens (including phenoxy) is 2. The Labute approximate surface area is 382 Å². The quantitative estimate of drug-likeness (QED) is 0.0485. The van der Waals surface area contributed by atoms with Gasteiger partial charge in [0.25, 0.3) is 0 Å². The first-order valence-electron chi connectivity index (χ1n) is 27.6. The van der Waals surface area contributed by atoms with Crippen LogP contribution in [0.2, 0.25) is 0 Å². The zero-order chi connectivity index (χ0) is 44.9. The highest BCUT2D eigenvalue weighted by atomic mass is 16.5. The van der Waals surface area contributed by atoms with Gasteiger partial charge < -0.3 is 19.5 Å². The summed E-state index contributed by atoms with van der Waals surface area (Å²) in [5.74, 6) is 0.217. The summed E-state index contributed by atoms with van der Waals surface area (Å²) in [4.78, 5) is 28.8. The van der Waals surface area contributed by atoms with Crippen molar-refractivity contribution < 1.29 is 24.2 Å². The fourth-order valence-corrected chi connectivity index (χ4v) is 9.27. The molecule has 0 fully saturated rings. The molecule has 0 saturated heterocycles. The van der Waals surface area contributed by atoms with Crippen LogP contribution in [-0.4, -0.2) is 60.4 Å². The number of nitrogens with zero attached hydrogens (tertiary/aromatic N) is 1. The Morgan fingerprint density at radius 3 is 1.05 bits per heavy atom. The normalized spacial score (nSPS) is 13.7. The Bertz CT molecular complexity index is 862. The number of aliphatic hydroxyl groups is 1. The summed E-state index contributed by atoms with van der Waals surface area (Å²) in [6, 6.07) is 0. The van der Waals surface area contributed by atoms with E-state index in [1.54, 1.807) is 0 Å². The Morgan fingerprint density at radius 2 is 0.672 bits per heavy atom. The summed E-state index contributed by atoms with van der Waals surface area (Å²) in [5.41, 5.74) is -0.608. The van der Waals surface area contributed by atoms with Crippen LogP contribution in [0.4, 0.5) is 0 Å². The zero-order valence-corrected chi connectivity index (χ0v) is 42.3. The van der Waals surface area contributed by atoms with E-state index in [2.05, 4.69) is 46.4 Å². The minimum atomic E-state index is -0.608. The first kappa shape index (κ1) is 59.9. The zero-order valence-electron chi connectivity index (χ0n) is 42.3. The highest BCUT2D eigenvalue weighted by Gasteiger charge is 2.26. The van der Waals surface area contributed by atoms with Gasteiger partial charge in [0.2, 0.25) is 0 Å². The minimum absolute atomic E-state index is 0.0384. The molecule has 0 heterocycles. The van der Waals surface area contributed by atoms with Gasteiger partial charge in [0, 0.05) is 0 Å². The molecule has 0 aromatic carbocycles. The monoisotopic (exact) mass is 864 g/mol. The average Bonchev–Trinajstić information content (AvgIpc) is 3.25. The second-order valence-electron chi connectivity index (χ2n) is 19.4. The third-order valence-electron chi connectivity index (χ3n) is 13.3. The molecule has 1 N–H and O–H groups in total. The summed E-state index contributed by atoms with van der Waals surface area (Å²) >= 11 is 0. The van der Waals surface area contributed by atoms with Crippen LogP contribution < -0.4 is 0 Å². The van der Waals surface area contributed by atoms with Crippen molar-refractivity contribution in [3.8, 4) is 0 Å². The highest BCUT2D eigenvalue weighted by molar-refractivity contribution is 5.72. The molecule has 364 valence electrons. The lowest BCUT2D eigenvalue weighted by atomic mass is 9.85. The van der Waals surface area contributed by atoms with E-state index < -0.39 is 5.60 Å². The Hall–Kier alpha value is -1.14. The molecule has 0 aromatic rings. The maximum atomic E-state index is 13.1. The number of carbonyl (C=O) groups excluding carboxylic acids is 2. The van der Waals surface area contributed by atoms with Crippen molar-refractivity contribution >= 4 is 11.9 Å². The molecule has 2 atom stereocenters. The first-order valence-corrected chi connectivity index (χ1v) is 27.6. The predicted octanol–water partition coefficient (Wildman–Crippen LogP) is 16.7. The molecule has 6 heteroatoms. The van der Waals surface area contributed by atoms with E-state index in [0.29, 0.717) is 13.2 Å². The standard InChI is InChI=1S/C55H109NO5/c1-7-13-17-19-21-23-31-41-51(39-29-15-9-3)53(57)60-49-37-27-25-33-43-55(59,45-35-36-48-56(46-11-5)47-12-6)44-34-26-28-38-50-61-54(58)52(40-30-16-10-4)42-32-24-22-20-18-14-8-2/h51-52,59H,7-50H2,1-6H3. The lowest BCUT2D eigenvalue weighted by Crippen LogP contribution is -2.30. The summed E-state index contributed by atoms with van der Waals surface area (Å²) in [7, 11) is 0. The summed E-state index contributed by atoms with van der Waals surface area (Å²) < 4.78 is 11.7. The summed E-state index contributed by atoms with van der Waals surface area (Å²) in [6.45, 7) is 18.0. The number of esters is 2. The Balaban J connectivity index is 4.81. The first-order chi connectivity index (χ1) is 29.8. The molecule has 0 amide bonds. The molecule has 6 nitrogen and oxygen atoms in total.